The van der Waals surface area contributed by atoms with Gasteiger partial charge in [-0.25, -0.2) is 0 Å². The van der Waals surface area contributed by atoms with Crippen molar-refractivity contribution in [2.45, 2.75) is 6.54 Å². The van der Waals surface area contributed by atoms with E-state index in [1.807, 2.05) is 6.20 Å². The highest BCUT2D eigenvalue weighted by Crippen LogP contribution is 2.00. The molecule has 0 aliphatic heterocycles. The fraction of sp³-hybridized carbons (Fsp3) is 0.500. The van der Waals surface area contributed by atoms with Gasteiger partial charge >= 0.3 is 0 Å². The standard InChI is InChI=1S/C8H12IN3O2/c1-14-3-2-10-8(13)6-12-5-7(9)4-11-12/h4-5H,2-3,6H2,1H3,(H,10,13). The number of aromatic nitrogens is 2. The largest absolute Gasteiger partial charge is 0.383 e. The molecular formula is C8H12IN3O2. The van der Waals surface area contributed by atoms with Crippen molar-refractivity contribution in [2.75, 3.05) is 20.3 Å². The van der Waals surface area contributed by atoms with Crippen molar-refractivity contribution in [1.82, 2.24) is 15.1 Å². The summed E-state index contributed by atoms with van der Waals surface area (Å²) in [5, 5.41) is 6.72. The molecular weight excluding hydrogens is 297 g/mol. The zero-order valence-corrected chi connectivity index (χ0v) is 10.0. The molecule has 1 amide bonds. The molecule has 5 nitrogen and oxygen atoms in total. The van der Waals surface area contributed by atoms with Crippen molar-refractivity contribution >= 4 is 28.5 Å². The molecule has 6 heteroatoms. The van der Waals surface area contributed by atoms with Crippen LogP contribution >= 0.6 is 22.6 Å². The van der Waals surface area contributed by atoms with E-state index < -0.39 is 0 Å². The van der Waals surface area contributed by atoms with Gasteiger partial charge in [-0.15, -0.1) is 0 Å². The smallest absolute Gasteiger partial charge is 0.241 e. The minimum atomic E-state index is -0.0541. The van der Waals surface area contributed by atoms with Gasteiger partial charge in [-0.1, -0.05) is 0 Å². The Kier molecular flexibility index (Phi) is 4.88. The molecule has 0 spiro atoms. The maximum atomic E-state index is 11.3. The zero-order chi connectivity index (χ0) is 10.4. The van der Waals surface area contributed by atoms with Gasteiger partial charge in [0.15, 0.2) is 0 Å². The Bertz CT molecular complexity index is 301. The molecule has 1 aromatic heterocycles. The molecule has 0 aliphatic rings. The highest BCUT2D eigenvalue weighted by Gasteiger charge is 2.02. The monoisotopic (exact) mass is 309 g/mol. The van der Waals surface area contributed by atoms with E-state index in [0.29, 0.717) is 13.2 Å². The normalized spacial score (nSPS) is 10.1. The highest BCUT2D eigenvalue weighted by atomic mass is 127. The topological polar surface area (TPSA) is 56.1 Å². The number of carbonyl (C=O) groups is 1. The number of nitrogens with zero attached hydrogens (tertiary/aromatic N) is 2. The Morgan fingerprint density at radius 3 is 3.14 bits per heavy atom. The molecule has 0 aliphatic carbocycles. The molecule has 0 radical (unpaired) electrons. The van der Waals surface area contributed by atoms with Crippen molar-refractivity contribution in [3.63, 3.8) is 0 Å². The van der Waals surface area contributed by atoms with Gasteiger partial charge in [0.25, 0.3) is 0 Å². The number of carbonyl (C=O) groups excluding carboxylic acids is 1. The number of halogens is 1. The first-order chi connectivity index (χ1) is 6.72. The summed E-state index contributed by atoms with van der Waals surface area (Å²) >= 11 is 2.15. The van der Waals surface area contributed by atoms with Crippen molar-refractivity contribution in [2.24, 2.45) is 0 Å². The lowest BCUT2D eigenvalue weighted by atomic mass is 10.5. The fourth-order valence-corrected chi connectivity index (χ4v) is 1.37. The van der Waals surface area contributed by atoms with Gasteiger partial charge in [-0.2, -0.15) is 5.10 Å². The van der Waals surface area contributed by atoms with Crippen LogP contribution in [0.3, 0.4) is 0 Å². The van der Waals surface area contributed by atoms with E-state index in [9.17, 15) is 4.79 Å². The third-order valence-electron chi connectivity index (χ3n) is 1.54. The third kappa shape index (κ3) is 4.05. The number of hydrogen-bond donors (Lipinski definition) is 1. The second kappa shape index (κ2) is 5.97. The van der Waals surface area contributed by atoms with Crippen LogP contribution in [-0.2, 0) is 16.1 Å². The van der Waals surface area contributed by atoms with Crippen molar-refractivity contribution < 1.29 is 9.53 Å². The lowest BCUT2D eigenvalue weighted by Gasteiger charge is -2.03. The predicted molar refractivity (Wildman–Crippen MR) is 59.8 cm³/mol. The van der Waals surface area contributed by atoms with E-state index in [-0.39, 0.29) is 12.5 Å². The molecule has 78 valence electrons. The van der Waals surface area contributed by atoms with E-state index in [1.165, 1.54) is 0 Å². The second-order valence-corrected chi connectivity index (χ2v) is 3.94. The minimum Gasteiger partial charge on any atom is -0.383 e. The van der Waals surface area contributed by atoms with Crippen LogP contribution in [0, 0.1) is 3.57 Å². The van der Waals surface area contributed by atoms with Crippen LogP contribution < -0.4 is 5.32 Å². The van der Waals surface area contributed by atoms with Gasteiger partial charge in [0.05, 0.1) is 16.4 Å². The van der Waals surface area contributed by atoms with Crippen LogP contribution in [0.4, 0.5) is 0 Å². The number of ether oxygens (including phenoxy) is 1. The Hall–Kier alpha value is -0.630. The number of nitrogens with one attached hydrogen (secondary N) is 1. The summed E-state index contributed by atoms with van der Waals surface area (Å²) in [6.07, 6.45) is 3.53. The zero-order valence-electron chi connectivity index (χ0n) is 7.86. The lowest BCUT2D eigenvalue weighted by Crippen LogP contribution is -2.30. The summed E-state index contributed by atoms with van der Waals surface area (Å²) in [6, 6.07) is 0. The van der Waals surface area contributed by atoms with Crippen molar-refractivity contribution in [1.29, 1.82) is 0 Å². The first-order valence-corrected chi connectivity index (χ1v) is 5.24. The summed E-state index contributed by atoms with van der Waals surface area (Å²) in [7, 11) is 1.60. The third-order valence-corrected chi connectivity index (χ3v) is 2.09. The van der Waals surface area contributed by atoms with Crippen molar-refractivity contribution in [3.8, 4) is 0 Å². The van der Waals surface area contributed by atoms with Gasteiger partial charge in [0.1, 0.15) is 6.54 Å². The van der Waals surface area contributed by atoms with E-state index >= 15 is 0 Å². The Balaban J connectivity index is 2.27. The van der Waals surface area contributed by atoms with Crippen molar-refractivity contribution in [3.05, 3.63) is 16.0 Å². The van der Waals surface area contributed by atoms with E-state index in [0.717, 1.165) is 3.57 Å². The van der Waals surface area contributed by atoms with Crippen LogP contribution in [0.5, 0.6) is 0 Å². The average Bonchev–Trinajstić information content (AvgIpc) is 2.52. The number of rotatable bonds is 5. The highest BCUT2D eigenvalue weighted by molar-refractivity contribution is 14.1. The van der Waals surface area contributed by atoms with Crippen LogP contribution in [0.1, 0.15) is 0 Å². The van der Waals surface area contributed by atoms with Gasteiger partial charge < -0.3 is 10.1 Å². The Morgan fingerprint density at radius 1 is 1.79 bits per heavy atom. The number of methoxy groups -OCH3 is 1. The summed E-state index contributed by atoms with van der Waals surface area (Å²) in [5.74, 6) is -0.0541. The molecule has 0 bridgehead atoms. The molecule has 14 heavy (non-hydrogen) atoms. The molecule has 0 saturated heterocycles. The van der Waals surface area contributed by atoms with Gasteiger partial charge in [-0.05, 0) is 22.6 Å². The summed E-state index contributed by atoms with van der Waals surface area (Å²) in [4.78, 5) is 11.3. The molecule has 0 fully saturated rings. The molecule has 1 aromatic rings. The molecule has 0 atom stereocenters. The van der Waals surface area contributed by atoms with Crippen LogP contribution in [0.2, 0.25) is 0 Å². The van der Waals surface area contributed by atoms with E-state index in [1.54, 1.807) is 18.0 Å². The lowest BCUT2D eigenvalue weighted by molar-refractivity contribution is -0.122. The summed E-state index contributed by atoms with van der Waals surface area (Å²) in [6.45, 7) is 1.32. The minimum absolute atomic E-state index is 0.0541. The average molecular weight is 309 g/mol. The van der Waals surface area contributed by atoms with Crippen LogP contribution in [0.25, 0.3) is 0 Å². The fourth-order valence-electron chi connectivity index (χ4n) is 0.920. The van der Waals surface area contributed by atoms with Gasteiger partial charge in [0, 0.05) is 19.9 Å². The molecule has 0 unspecified atom stereocenters. The maximum absolute atomic E-state index is 11.3. The molecule has 0 saturated carbocycles. The Labute approximate surface area is 96.0 Å². The van der Waals surface area contributed by atoms with Gasteiger partial charge in [0.2, 0.25) is 5.91 Å². The number of amides is 1. The van der Waals surface area contributed by atoms with E-state index in [2.05, 4.69) is 33.0 Å². The molecule has 1 N–H and O–H groups in total. The molecule has 0 aromatic carbocycles. The van der Waals surface area contributed by atoms with Crippen LogP contribution in [0.15, 0.2) is 12.4 Å². The predicted octanol–water partition coefficient (Wildman–Crippen LogP) is 0.250. The summed E-state index contributed by atoms with van der Waals surface area (Å²) < 4.78 is 7.43. The SMILES string of the molecule is COCCNC(=O)Cn1cc(I)cn1. The second-order valence-electron chi connectivity index (χ2n) is 2.70. The first-order valence-electron chi connectivity index (χ1n) is 4.16. The maximum Gasteiger partial charge on any atom is 0.241 e. The Morgan fingerprint density at radius 2 is 2.57 bits per heavy atom. The summed E-state index contributed by atoms with van der Waals surface area (Å²) in [5.41, 5.74) is 0. The molecule has 1 heterocycles. The van der Waals surface area contributed by atoms with Crippen LogP contribution in [-0.4, -0.2) is 35.9 Å². The van der Waals surface area contributed by atoms with Gasteiger partial charge in [-0.3, -0.25) is 9.48 Å². The first kappa shape index (κ1) is 11.4. The molecule has 1 rings (SSSR count). The van der Waals surface area contributed by atoms with E-state index in [4.69, 9.17) is 4.74 Å². The quantitative estimate of drug-likeness (QED) is 0.627. The number of hydrogen-bond acceptors (Lipinski definition) is 3.